The average Bonchev–Trinajstić information content (AvgIpc) is 3.87. The molecule has 5 N–H and O–H groups in total. The minimum atomic E-state index is -0.994. The number of nitrogens with one attached hydrogen (secondary N) is 5. The molecule has 3 fully saturated rings. The van der Waals surface area contributed by atoms with E-state index in [9.17, 15) is 24.0 Å². The molecule has 2 aromatic carbocycles. The second-order valence-corrected chi connectivity index (χ2v) is 14.5. The summed E-state index contributed by atoms with van der Waals surface area (Å²) in [4.78, 5) is 65.8. The van der Waals surface area contributed by atoms with E-state index in [1.54, 1.807) is 67.7 Å². The molecule has 0 radical (unpaired) electrons. The molecule has 0 aliphatic carbocycles. The molecule has 13 nitrogen and oxygen atoms in total. The highest BCUT2D eigenvalue weighted by Gasteiger charge is 2.42. The molecule has 0 unspecified atom stereocenters. The number of carbonyl (C=O) groups excluding carboxylic acids is 5. The van der Waals surface area contributed by atoms with Gasteiger partial charge in [0.15, 0.2) is 0 Å². The van der Waals surface area contributed by atoms with Crippen molar-refractivity contribution < 1.29 is 33.4 Å². The Morgan fingerprint density at radius 1 is 0.902 bits per heavy atom. The van der Waals surface area contributed by atoms with Crippen LogP contribution in [0.3, 0.4) is 0 Å². The van der Waals surface area contributed by atoms with Gasteiger partial charge in [-0.2, -0.15) is 11.8 Å². The van der Waals surface area contributed by atoms with E-state index in [1.165, 1.54) is 0 Å². The first-order valence-electron chi connectivity index (χ1n) is 17.9. The molecule has 2 aromatic rings. The number of methoxy groups -OCH3 is 2. The normalized spacial score (nSPS) is 21.2. The number of rotatable bonds is 18. The quantitative estimate of drug-likeness (QED) is 0.114. The van der Waals surface area contributed by atoms with Gasteiger partial charge in [-0.1, -0.05) is 25.0 Å². The van der Waals surface area contributed by atoms with Crippen molar-refractivity contribution in [3.63, 3.8) is 0 Å². The molecule has 3 aliphatic rings. The standard InChI is InChI=1S/C37H50N6O7S/c1-49-26-17-13-24(14-18-26)33(36(47)39-25-15-19-27(50-2)20-16-25)41-35(46)29-9-8-22-43(29)32(45)12-4-3-7-21-38-31(44)11-6-5-10-30-34-28(23-51-30)40-37(48)42-34/h13-20,28-30,33-34H,3-12,21-23H2,1-2H3,(H,38,44)(H,39,47)(H,41,46)(H2,40,42,48)/t28-,29-,30-,33-,34-/m0/s1. The SMILES string of the molecule is COc1ccc(NC(=O)[C@@H](NC(=O)[C@@H]2CCCN2C(=O)CCCCCNC(=O)CCCC[C@@H]2SC[C@@H]3NC(=O)N[C@@H]32)c2ccc(OC)cc2)cc1. The fourth-order valence-electron chi connectivity index (χ4n) is 6.87. The highest BCUT2D eigenvalue weighted by molar-refractivity contribution is 8.00. The Kier molecular flexibility index (Phi) is 13.8. The number of carbonyl (C=O) groups is 5. The number of nitrogens with zero attached hydrogens (tertiary/aromatic N) is 1. The third kappa shape index (κ3) is 10.5. The summed E-state index contributed by atoms with van der Waals surface area (Å²) in [5.74, 6) is 1.38. The second-order valence-electron chi connectivity index (χ2n) is 13.2. The lowest BCUT2D eigenvalue weighted by Crippen LogP contribution is -2.48. The fraction of sp³-hybridized carbons (Fsp3) is 0.541. The molecule has 0 spiro atoms. The Balaban J connectivity index is 1.02. The molecule has 276 valence electrons. The Morgan fingerprint density at radius 2 is 1.61 bits per heavy atom. The molecule has 3 heterocycles. The number of likely N-dealkylation sites (tertiary alicyclic amines) is 1. The fourth-order valence-corrected chi connectivity index (χ4v) is 8.42. The summed E-state index contributed by atoms with van der Waals surface area (Å²) in [6.45, 7) is 1.05. The monoisotopic (exact) mass is 722 g/mol. The predicted octanol–water partition coefficient (Wildman–Crippen LogP) is 3.89. The molecule has 51 heavy (non-hydrogen) atoms. The Hall–Kier alpha value is -4.46. The summed E-state index contributed by atoms with van der Waals surface area (Å²) < 4.78 is 10.5. The number of benzene rings is 2. The number of ether oxygens (including phenoxy) is 2. The minimum absolute atomic E-state index is 0.0374. The van der Waals surface area contributed by atoms with Crippen LogP contribution in [0, 0.1) is 0 Å². The summed E-state index contributed by atoms with van der Waals surface area (Å²) in [7, 11) is 3.12. The summed E-state index contributed by atoms with van der Waals surface area (Å²) in [6, 6.07) is 12.5. The van der Waals surface area contributed by atoms with E-state index in [1.807, 2.05) is 11.8 Å². The highest BCUT2D eigenvalue weighted by atomic mass is 32.2. The maximum atomic E-state index is 13.6. The lowest BCUT2D eigenvalue weighted by molar-refractivity contribution is -0.139. The van der Waals surface area contributed by atoms with Crippen molar-refractivity contribution in [2.24, 2.45) is 0 Å². The van der Waals surface area contributed by atoms with E-state index in [0.717, 1.165) is 37.9 Å². The Labute approximate surface area is 303 Å². The third-order valence-electron chi connectivity index (χ3n) is 9.70. The van der Waals surface area contributed by atoms with Gasteiger partial charge >= 0.3 is 6.03 Å². The van der Waals surface area contributed by atoms with Gasteiger partial charge < -0.3 is 41.0 Å². The molecule has 14 heteroatoms. The average molecular weight is 723 g/mol. The van der Waals surface area contributed by atoms with Crippen molar-refractivity contribution >= 4 is 47.1 Å². The van der Waals surface area contributed by atoms with Gasteiger partial charge in [0, 0.05) is 42.6 Å². The molecular weight excluding hydrogens is 673 g/mol. The van der Waals surface area contributed by atoms with Crippen LogP contribution < -0.4 is 36.1 Å². The van der Waals surface area contributed by atoms with E-state index in [0.29, 0.717) is 73.2 Å². The molecule has 5 atom stereocenters. The molecule has 0 bridgehead atoms. The first-order valence-corrected chi connectivity index (χ1v) is 18.9. The topological polar surface area (TPSA) is 167 Å². The van der Waals surface area contributed by atoms with Crippen LogP contribution in [-0.4, -0.2) is 91.0 Å². The van der Waals surface area contributed by atoms with Gasteiger partial charge in [0.05, 0.1) is 26.3 Å². The molecule has 5 rings (SSSR count). The van der Waals surface area contributed by atoms with Gasteiger partial charge in [0.25, 0.3) is 5.91 Å². The molecule has 3 aliphatic heterocycles. The van der Waals surface area contributed by atoms with Crippen LogP contribution in [0.4, 0.5) is 10.5 Å². The van der Waals surface area contributed by atoms with E-state index < -0.39 is 18.0 Å². The number of unbranched alkanes of at least 4 members (excludes halogenated alkanes) is 3. The number of anilines is 1. The highest BCUT2D eigenvalue weighted by Crippen LogP contribution is 2.33. The van der Waals surface area contributed by atoms with Crippen molar-refractivity contribution in [2.75, 3.05) is 38.4 Å². The van der Waals surface area contributed by atoms with Gasteiger partial charge in [-0.15, -0.1) is 0 Å². The Bertz CT molecular complexity index is 1510. The summed E-state index contributed by atoms with van der Waals surface area (Å²) >= 11 is 1.89. The number of fused-ring (bicyclic) bond motifs is 1. The van der Waals surface area contributed by atoms with E-state index in [2.05, 4.69) is 26.6 Å². The maximum Gasteiger partial charge on any atom is 0.315 e. The van der Waals surface area contributed by atoms with Crippen LogP contribution in [0.2, 0.25) is 0 Å². The van der Waals surface area contributed by atoms with Gasteiger partial charge in [-0.3, -0.25) is 19.2 Å². The summed E-state index contributed by atoms with van der Waals surface area (Å²) in [5.41, 5.74) is 1.13. The summed E-state index contributed by atoms with van der Waals surface area (Å²) in [6.07, 6.45) is 6.97. The van der Waals surface area contributed by atoms with Crippen LogP contribution in [-0.2, 0) is 19.2 Å². The van der Waals surface area contributed by atoms with E-state index in [4.69, 9.17) is 9.47 Å². The molecule has 6 amide bonds. The van der Waals surface area contributed by atoms with Crippen molar-refractivity contribution in [2.45, 2.75) is 93.6 Å². The number of hydrogen-bond acceptors (Lipinski definition) is 8. The molecule has 0 saturated carbocycles. The lowest BCUT2D eigenvalue weighted by atomic mass is 10.0. The molecule has 3 saturated heterocycles. The van der Waals surface area contributed by atoms with E-state index in [-0.39, 0.29) is 35.8 Å². The van der Waals surface area contributed by atoms with Gasteiger partial charge in [-0.25, -0.2) is 4.79 Å². The van der Waals surface area contributed by atoms with Crippen LogP contribution >= 0.6 is 11.8 Å². The molecular formula is C37H50N6O7S. The van der Waals surface area contributed by atoms with Crippen LogP contribution in [0.25, 0.3) is 0 Å². The Morgan fingerprint density at radius 3 is 2.33 bits per heavy atom. The third-order valence-corrected chi connectivity index (χ3v) is 11.2. The first kappa shape index (κ1) is 37.8. The van der Waals surface area contributed by atoms with Gasteiger partial charge in [0.2, 0.25) is 17.7 Å². The minimum Gasteiger partial charge on any atom is -0.497 e. The largest absolute Gasteiger partial charge is 0.497 e. The number of hydrogen-bond donors (Lipinski definition) is 5. The van der Waals surface area contributed by atoms with Crippen molar-refractivity contribution in [3.05, 3.63) is 54.1 Å². The van der Waals surface area contributed by atoms with Crippen molar-refractivity contribution in [1.29, 1.82) is 0 Å². The maximum absolute atomic E-state index is 13.6. The second kappa shape index (κ2) is 18.7. The van der Waals surface area contributed by atoms with Crippen LogP contribution in [0.1, 0.15) is 75.8 Å². The van der Waals surface area contributed by atoms with Crippen LogP contribution in [0.15, 0.2) is 48.5 Å². The number of thioether (sulfide) groups is 1. The zero-order chi connectivity index (χ0) is 36.2. The first-order chi connectivity index (χ1) is 24.7. The molecule has 0 aromatic heterocycles. The van der Waals surface area contributed by atoms with Crippen LogP contribution in [0.5, 0.6) is 11.5 Å². The van der Waals surface area contributed by atoms with E-state index >= 15 is 0 Å². The zero-order valence-electron chi connectivity index (χ0n) is 29.4. The zero-order valence-corrected chi connectivity index (χ0v) is 30.2. The predicted molar refractivity (Wildman–Crippen MR) is 196 cm³/mol. The smallest absolute Gasteiger partial charge is 0.315 e. The number of urea groups is 1. The number of amides is 6. The van der Waals surface area contributed by atoms with Crippen molar-refractivity contribution in [1.82, 2.24) is 26.2 Å². The van der Waals surface area contributed by atoms with Gasteiger partial charge in [-0.05, 0) is 80.5 Å². The lowest BCUT2D eigenvalue weighted by Gasteiger charge is -2.27. The van der Waals surface area contributed by atoms with Crippen molar-refractivity contribution in [3.8, 4) is 11.5 Å². The van der Waals surface area contributed by atoms with Gasteiger partial charge in [0.1, 0.15) is 23.6 Å². The summed E-state index contributed by atoms with van der Waals surface area (Å²) in [5, 5.41) is 15.1.